The first-order chi connectivity index (χ1) is 16.6. The van der Waals surface area contributed by atoms with Crippen molar-refractivity contribution in [2.75, 3.05) is 18.1 Å². The van der Waals surface area contributed by atoms with Gasteiger partial charge in [-0.1, -0.05) is 43.3 Å². The minimum atomic E-state index is -0.662. The first kappa shape index (κ1) is 21.8. The molecule has 1 aliphatic rings. The van der Waals surface area contributed by atoms with E-state index in [4.69, 9.17) is 13.9 Å². The Hall–Kier alpha value is -4.06. The van der Waals surface area contributed by atoms with E-state index in [1.54, 1.807) is 29.2 Å². The quantitative estimate of drug-likeness (QED) is 0.356. The van der Waals surface area contributed by atoms with Crippen LogP contribution in [0.3, 0.4) is 0 Å². The summed E-state index contributed by atoms with van der Waals surface area (Å²) in [4.78, 5) is 28.9. The van der Waals surface area contributed by atoms with Crippen molar-refractivity contribution in [1.29, 1.82) is 0 Å². The third-order valence-corrected chi connectivity index (χ3v) is 5.86. The second kappa shape index (κ2) is 9.06. The summed E-state index contributed by atoms with van der Waals surface area (Å²) >= 11 is 0. The van der Waals surface area contributed by atoms with Gasteiger partial charge in [0.2, 0.25) is 5.76 Å². The van der Waals surface area contributed by atoms with Crippen molar-refractivity contribution in [3.63, 3.8) is 0 Å². The molecular weight excluding hydrogens is 430 g/mol. The number of carbonyl (C=O) groups is 1. The maximum atomic E-state index is 13.7. The van der Waals surface area contributed by atoms with Crippen LogP contribution in [0.4, 0.5) is 5.69 Å². The first-order valence-electron chi connectivity index (χ1n) is 11.5. The van der Waals surface area contributed by atoms with E-state index in [-0.39, 0.29) is 17.1 Å². The fourth-order valence-electron chi connectivity index (χ4n) is 4.38. The minimum Gasteiger partial charge on any atom is -0.490 e. The summed E-state index contributed by atoms with van der Waals surface area (Å²) < 4.78 is 17.7. The topological polar surface area (TPSA) is 69.0 Å². The molecule has 3 aromatic carbocycles. The van der Waals surface area contributed by atoms with E-state index in [1.165, 1.54) is 0 Å². The number of hydrogen-bond acceptors (Lipinski definition) is 5. The average molecular weight is 456 g/mol. The van der Waals surface area contributed by atoms with Gasteiger partial charge in [-0.25, -0.2) is 0 Å². The van der Waals surface area contributed by atoms with E-state index >= 15 is 0 Å². The fraction of sp³-hybridized carbons (Fsp3) is 0.214. The van der Waals surface area contributed by atoms with E-state index in [0.29, 0.717) is 46.9 Å². The van der Waals surface area contributed by atoms with Gasteiger partial charge >= 0.3 is 0 Å². The Morgan fingerprint density at radius 3 is 2.41 bits per heavy atom. The molecule has 0 fully saturated rings. The summed E-state index contributed by atoms with van der Waals surface area (Å²) in [7, 11) is 0. The summed E-state index contributed by atoms with van der Waals surface area (Å²) in [5.41, 5.74) is 1.93. The SMILES string of the molecule is CCCOc1ccc(C2c3c(oc4ccccc4c3=O)C(=O)N2c2ccccc2)cc1OCC. The van der Waals surface area contributed by atoms with Gasteiger partial charge in [-0.2, -0.15) is 0 Å². The highest BCUT2D eigenvalue weighted by Gasteiger charge is 2.43. The van der Waals surface area contributed by atoms with E-state index in [9.17, 15) is 9.59 Å². The molecule has 1 aliphatic heterocycles. The number of benzene rings is 3. The van der Waals surface area contributed by atoms with Crippen LogP contribution in [0.5, 0.6) is 11.5 Å². The van der Waals surface area contributed by atoms with Gasteiger partial charge in [-0.3, -0.25) is 14.5 Å². The maximum Gasteiger partial charge on any atom is 0.295 e. The molecule has 6 heteroatoms. The lowest BCUT2D eigenvalue weighted by molar-refractivity contribution is 0.0971. The first-order valence-corrected chi connectivity index (χ1v) is 11.5. The maximum absolute atomic E-state index is 13.7. The van der Waals surface area contributed by atoms with Crippen LogP contribution in [-0.4, -0.2) is 19.1 Å². The van der Waals surface area contributed by atoms with Crippen LogP contribution < -0.4 is 19.8 Å². The number of fused-ring (bicyclic) bond motifs is 2. The predicted molar refractivity (Wildman–Crippen MR) is 131 cm³/mol. The standard InChI is InChI=1S/C28H25NO5/c1-3-16-33-22-15-14-18(17-23(22)32-4-2)25-24-26(30)20-12-8-9-13-21(20)34-27(24)28(31)29(25)19-10-6-5-7-11-19/h5-15,17,25H,3-4,16H2,1-2H3. The molecule has 0 spiro atoms. The molecule has 1 unspecified atom stereocenters. The second-order valence-electron chi connectivity index (χ2n) is 8.07. The van der Waals surface area contributed by atoms with Crippen molar-refractivity contribution in [2.45, 2.75) is 26.3 Å². The van der Waals surface area contributed by atoms with Gasteiger partial charge in [-0.05, 0) is 55.3 Å². The Labute approximate surface area is 197 Å². The Bertz CT molecular complexity index is 1410. The molecule has 0 bridgehead atoms. The van der Waals surface area contributed by atoms with Crippen molar-refractivity contribution in [2.24, 2.45) is 0 Å². The largest absolute Gasteiger partial charge is 0.490 e. The third kappa shape index (κ3) is 3.61. The molecule has 0 saturated heterocycles. The summed E-state index contributed by atoms with van der Waals surface area (Å²) in [6.07, 6.45) is 0.869. The van der Waals surface area contributed by atoms with Gasteiger partial charge in [0.15, 0.2) is 16.9 Å². The smallest absolute Gasteiger partial charge is 0.295 e. The zero-order valence-corrected chi connectivity index (χ0v) is 19.1. The lowest BCUT2D eigenvalue weighted by atomic mass is 9.97. The molecule has 0 saturated carbocycles. The number of para-hydroxylation sites is 2. The summed E-state index contributed by atoms with van der Waals surface area (Å²) in [6.45, 7) is 4.97. The van der Waals surface area contributed by atoms with Crippen LogP contribution in [0.2, 0.25) is 0 Å². The van der Waals surface area contributed by atoms with Crippen molar-refractivity contribution in [1.82, 2.24) is 0 Å². The summed E-state index contributed by atoms with van der Waals surface area (Å²) in [5.74, 6) is 0.932. The van der Waals surface area contributed by atoms with Gasteiger partial charge in [-0.15, -0.1) is 0 Å². The minimum absolute atomic E-state index is 0.0711. The number of nitrogens with zero attached hydrogens (tertiary/aromatic N) is 1. The molecule has 1 aromatic heterocycles. The molecule has 6 nitrogen and oxygen atoms in total. The Morgan fingerprint density at radius 2 is 1.65 bits per heavy atom. The molecule has 172 valence electrons. The van der Waals surface area contributed by atoms with Crippen LogP contribution in [0, 0.1) is 0 Å². The van der Waals surface area contributed by atoms with Gasteiger partial charge in [0.05, 0.1) is 30.2 Å². The van der Waals surface area contributed by atoms with E-state index < -0.39 is 6.04 Å². The monoisotopic (exact) mass is 455 g/mol. The fourth-order valence-corrected chi connectivity index (χ4v) is 4.38. The van der Waals surface area contributed by atoms with Crippen LogP contribution in [0.25, 0.3) is 11.0 Å². The highest BCUT2D eigenvalue weighted by molar-refractivity contribution is 6.10. The lowest BCUT2D eigenvalue weighted by Gasteiger charge is -2.26. The molecule has 1 atom stereocenters. The molecule has 2 heterocycles. The normalized spacial score (nSPS) is 14.9. The summed E-state index contributed by atoms with van der Waals surface area (Å²) in [5, 5.41) is 0.446. The molecule has 34 heavy (non-hydrogen) atoms. The zero-order valence-electron chi connectivity index (χ0n) is 19.1. The molecule has 0 radical (unpaired) electrons. The van der Waals surface area contributed by atoms with Crippen molar-refractivity contribution >= 4 is 22.6 Å². The van der Waals surface area contributed by atoms with E-state index in [2.05, 4.69) is 0 Å². The average Bonchev–Trinajstić information content (AvgIpc) is 3.16. The van der Waals surface area contributed by atoms with E-state index in [0.717, 1.165) is 12.0 Å². The predicted octanol–water partition coefficient (Wildman–Crippen LogP) is 5.73. The van der Waals surface area contributed by atoms with Crippen LogP contribution >= 0.6 is 0 Å². The highest BCUT2D eigenvalue weighted by atomic mass is 16.5. The number of rotatable bonds is 7. The number of ether oxygens (including phenoxy) is 2. The Balaban J connectivity index is 1.74. The molecule has 0 aliphatic carbocycles. The number of hydrogen-bond donors (Lipinski definition) is 0. The zero-order chi connectivity index (χ0) is 23.7. The second-order valence-corrected chi connectivity index (χ2v) is 8.07. The molecule has 1 amide bonds. The molecule has 5 rings (SSSR count). The Kier molecular flexibility index (Phi) is 5.80. The number of anilines is 1. The highest BCUT2D eigenvalue weighted by Crippen LogP contribution is 2.43. The lowest BCUT2D eigenvalue weighted by Crippen LogP contribution is -2.29. The van der Waals surface area contributed by atoms with Crippen LogP contribution in [0.1, 0.15) is 48.0 Å². The molecule has 4 aromatic rings. The van der Waals surface area contributed by atoms with Crippen molar-refractivity contribution < 1.29 is 18.7 Å². The summed E-state index contributed by atoms with van der Waals surface area (Å²) in [6, 6.07) is 21.2. The van der Waals surface area contributed by atoms with Crippen molar-refractivity contribution in [3.05, 3.63) is 99.9 Å². The van der Waals surface area contributed by atoms with Gasteiger partial charge in [0, 0.05) is 5.69 Å². The van der Waals surface area contributed by atoms with Gasteiger partial charge in [0.1, 0.15) is 5.58 Å². The van der Waals surface area contributed by atoms with Gasteiger partial charge < -0.3 is 13.9 Å². The third-order valence-electron chi connectivity index (χ3n) is 5.86. The van der Waals surface area contributed by atoms with Crippen LogP contribution in [0.15, 0.2) is 82.0 Å². The number of carbonyl (C=O) groups excluding carboxylic acids is 1. The van der Waals surface area contributed by atoms with E-state index in [1.807, 2.05) is 62.4 Å². The van der Waals surface area contributed by atoms with Gasteiger partial charge in [0.25, 0.3) is 5.91 Å². The van der Waals surface area contributed by atoms with Crippen molar-refractivity contribution in [3.8, 4) is 11.5 Å². The Morgan fingerprint density at radius 1 is 0.882 bits per heavy atom. The van der Waals surface area contributed by atoms with Crippen LogP contribution in [-0.2, 0) is 0 Å². The molecular formula is C28H25NO5. The molecule has 0 N–H and O–H groups in total. The number of amides is 1.